The Hall–Kier alpha value is -2.45. The molecule has 1 aromatic heterocycles. The van der Waals surface area contributed by atoms with Gasteiger partial charge in [0.1, 0.15) is 17.0 Å². The Labute approximate surface area is 139 Å². The molecule has 7 nitrogen and oxygen atoms in total. The summed E-state index contributed by atoms with van der Waals surface area (Å²) >= 11 is 0. The van der Waals surface area contributed by atoms with Crippen LogP contribution in [0, 0.1) is 5.92 Å². The van der Waals surface area contributed by atoms with Crippen molar-refractivity contribution in [2.45, 2.75) is 25.2 Å². The molecule has 0 aliphatic carbocycles. The number of phenols is 1. The van der Waals surface area contributed by atoms with E-state index >= 15 is 0 Å². The van der Waals surface area contributed by atoms with Gasteiger partial charge < -0.3 is 5.11 Å². The van der Waals surface area contributed by atoms with E-state index in [4.69, 9.17) is 0 Å². The third-order valence-corrected chi connectivity index (χ3v) is 4.48. The highest BCUT2D eigenvalue weighted by Gasteiger charge is 2.20. The highest BCUT2D eigenvalue weighted by Crippen LogP contribution is 2.32. The van der Waals surface area contributed by atoms with Gasteiger partial charge in [0.2, 0.25) is 0 Å². The molecule has 2 N–H and O–H groups in total. The predicted molar refractivity (Wildman–Crippen MR) is 88.9 cm³/mol. The van der Waals surface area contributed by atoms with Crippen LogP contribution in [0.25, 0.3) is 16.7 Å². The molecule has 24 heavy (non-hydrogen) atoms. The standard InChI is InChI=1S/C16H17N3O4S/c1-10(2)7-11-8-12(24(21,22)23)9-15(16(11)20)19-14-6-4-3-5-13(14)17-18-19/h3-6,8-10,20H,7H2,1-2H3,(H,21,22,23). The second-order valence-electron chi connectivity index (χ2n) is 6.01. The highest BCUT2D eigenvalue weighted by molar-refractivity contribution is 7.85. The zero-order chi connectivity index (χ0) is 17.5. The van der Waals surface area contributed by atoms with Gasteiger partial charge in [-0.3, -0.25) is 4.55 Å². The fourth-order valence-electron chi connectivity index (χ4n) is 2.60. The molecule has 0 unspecified atom stereocenters. The molecule has 3 rings (SSSR count). The SMILES string of the molecule is CC(C)Cc1cc(S(=O)(=O)O)cc(-n2nnc3ccccc32)c1O. The van der Waals surface area contributed by atoms with E-state index in [1.165, 1.54) is 16.8 Å². The van der Waals surface area contributed by atoms with Crippen molar-refractivity contribution in [2.75, 3.05) is 0 Å². The normalized spacial score (nSPS) is 12.2. The summed E-state index contributed by atoms with van der Waals surface area (Å²) in [5.74, 6) is 0.111. The van der Waals surface area contributed by atoms with E-state index in [0.717, 1.165) is 0 Å². The number of para-hydroxylation sites is 1. The van der Waals surface area contributed by atoms with E-state index in [0.29, 0.717) is 23.0 Å². The van der Waals surface area contributed by atoms with Crippen LogP contribution in [-0.4, -0.2) is 33.1 Å². The summed E-state index contributed by atoms with van der Waals surface area (Å²) < 4.78 is 34.0. The fraction of sp³-hybridized carbons (Fsp3) is 0.250. The number of phenolic OH excluding ortho intramolecular Hbond substituents is 1. The first-order valence-electron chi connectivity index (χ1n) is 7.41. The summed E-state index contributed by atoms with van der Waals surface area (Å²) in [4.78, 5) is -0.287. The lowest BCUT2D eigenvalue weighted by Gasteiger charge is -2.13. The Balaban J connectivity index is 2.30. The number of fused-ring (bicyclic) bond motifs is 1. The largest absolute Gasteiger partial charge is 0.505 e. The van der Waals surface area contributed by atoms with Crippen molar-refractivity contribution in [1.82, 2.24) is 15.0 Å². The van der Waals surface area contributed by atoms with Crippen LogP contribution < -0.4 is 0 Å². The van der Waals surface area contributed by atoms with E-state index < -0.39 is 10.1 Å². The third-order valence-electron chi connectivity index (χ3n) is 3.65. The van der Waals surface area contributed by atoms with E-state index in [2.05, 4.69) is 10.3 Å². The second-order valence-corrected chi connectivity index (χ2v) is 7.43. The number of aromatic nitrogens is 3. The van der Waals surface area contributed by atoms with Gasteiger partial charge in [0.05, 0.1) is 10.4 Å². The van der Waals surface area contributed by atoms with Gasteiger partial charge in [0.15, 0.2) is 0 Å². The lowest BCUT2D eigenvalue weighted by molar-refractivity contribution is 0.455. The molecule has 0 saturated heterocycles. The highest BCUT2D eigenvalue weighted by atomic mass is 32.2. The summed E-state index contributed by atoms with van der Waals surface area (Å²) in [5, 5.41) is 18.6. The quantitative estimate of drug-likeness (QED) is 0.703. The van der Waals surface area contributed by atoms with Crippen molar-refractivity contribution >= 4 is 21.2 Å². The number of nitrogens with zero attached hydrogens (tertiary/aromatic N) is 3. The minimum Gasteiger partial charge on any atom is -0.505 e. The zero-order valence-corrected chi connectivity index (χ0v) is 14.0. The van der Waals surface area contributed by atoms with E-state index in [-0.39, 0.29) is 22.3 Å². The Kier molecular flexibility index (Phi) is 4.02. The Morgan fingerprint density at radius 3 is 2.58 bits per heavy atom. The molecule has 0 amide bonds. The van der Waals surface area contributed by atoms with Gasteiger partial charge in [-0.05, 0) is 42.2 Å². The number of benzene rings is 2. The number of rotatable bonds is 4. The number of hydrogen-bond acceptors (Lipinski definition) is 5. The van der Waals surface area contributed by atoms with Crippen molar-refractivity contribution in [2.24, 2.45) is 5.92 Å². The van der Waals surface area contributed by atoms with Gasteiger partial charge in [0.25, 0.3) is 10.1 Å². The maximum absolute atomic E-state index is 11.6. The van der Waals surface area contributed by atoms with Crippen LogP contribution in [0.3, 0.4) is 0 Å². The molecule has 0 fully saturated rings. The molecule has 3 aromatic rings. The average molecular weight is 347 g/mol. The van der Waals surface area contributed by atoms with Crippen molar-refractivity contribution in [3.05, 3.63) is 42.0 Å². The maximum atomic E-state index is 11.6. The van der Waals surface area contributed by atoms with Crippen LogP contribution >= 0.6 is 0 Å². The van der Waals surface area contributed by atoms with Gasteiger partial charge in [-0.15, -0.1) is 5.10 Å². The summed E-state index contributed by atoms with van der Waals surface area (Å²) in [7, 11) is -4.42. The van der Waals surface area contributed by atoms with Crippen LogP contribution in [0.2, 0.25) is 0 Å². The second kappa shape index (κ2) is 5.88. The average Bonchev–Trinajstić information content (AvgIpc) is 2.91. The molecule has 1 heterocycles. The van der Waals surface area contributed by atoms with E-state index in [1.807, 2.05) is 13.8 Å². The van der Waals surface area contributed by atoms with Gasteiger partial charge >= 0.3 is 0 Å². The lowest BCUT2D eigenvalue weighted by atomic mass is 10.0. The Bertz CT molecular complexity index is 1010. The van der Waals surface area contributed by atoms with Crippen molar-refractivity contribution in [3.63, 3.8) is 0 Å². The summed E-state index contributed by atoms with van der Waals surface area (Å²) in [6, 6.07) is 9.60. The molecule has 0 radical (unpaired) electrons. The zero-order valence-electron chi connectivity index (χ0n) is 13.2. The van der Waals surface area contributed by atoms with E-state index in [9.17, 15) is 18.1 Å². The molecule has 0 aliphatic rings. The smallest absolute Gasteiger partial charge is 0.294 e. The van der Waals surface area contributed by atoms with Crippen LogP contribution in [0.5, 0.6) is 5.75 Å². The molecule has 8 heteroatoms. The van der Waals surface area contributed by atoms with Crippen molar-refractivity contribution < 1.29 is 18.1 Å². The van der Waals surface area contributed by atoms with E-state index in [1.54, 1.807) is 24.3 Å². The number of aromatic hydroxyl groups is 1. The van der Waals surface area contributed by atoms with Gasteiger partial charge in [-0.25, -0.2) is 4.68 Å². The fourth-order valence-corrected chi connectivity index (χ4v) is 3.15. The monoisotopic (exact) mass is 347 g/mol. The van der Waals surface area contributed by atoms with Crippen LogP contribution in [0.15, 0.2) is 41.3 Å². The van der Waals surface area contributed by atoms with Gasteiger partial charge in [-0.1, -0.05) is 31.2 Å². The van der Waals surface area contributed by atoms with Crippen LogP contribution in [-0.2, 0) is 16.5 Å². The first-order valence-corrected chi connectivity index (χ1v) is 8.85. The lowest BCUT2D eigenvalue weighted by Crippen LogP contribution is -2.06. The Morgan fingerprint density at radius 1 is 1.21 bits per heavy atom. The predicted octanol–water partition coefficient (Wildman–Crippen LogP) is 2.57. The first-order chi connectivity index (χ1) is 11.3. The van der Waals surface area contributed by atoms with Gasteiger partial charge in [0, 0.05) is 0 Å². The molecule has 0 atom stereocenters. The number of hydrogen-bond donors (Lipinski definition) is 2. The van der Waals surface area contributed by atoms with Crippen LogP contribution in [0.4, 0.5) is 0 Å². The molecule has 0 saturated carbocycles. The molecular formula is C16H17N3O4S. The summed E-state index contributed by atoms with van der Waals surface area (Å²) in [5.41, 5.74) is 1.82. The third kappa shape index (κ3) is 2.98. The summed E-state index contributed by atoms with van der Waals surface area (Å²) in [6.45, 7) is 3.90. The molecular weight excluding hydrogens is 330 g/mol. The summed E-state index contributed by atoms with van der Waals surface area (Å²) in [6.07, 6.45) is 0.453. The van der Waals surface area contributed by atoms with Gasteiger partial charge in [-0.2, -0.15) is 8.42 Å². The van der Waals surface area contributed by atoms with Crippen LogP contribution in [0.1, 0.15) is 19.4 Å². The minimum atomic E-state index is -4.42. The molecule has 2 aromatic carbocycles. The van der Waals surface area contributed by atoms with Crippen molar-refractivity contribution in [1.29, 1.82) is 0 Å². The molecule has 126 valence electrons. The first kappa shape index (κ1) is 16.4. The Morgan fingerprint density at radius 2 is 1.92 bits per heavy atom. The molecule has 0 aliphatic heterocycles. The minimum absolute atomic E-state index is 0.0771. The molecule has 0 spiro atoms. The maximum Gasteiger partial charge on any atom is 0.294 e. The van der Waals surface area contributed by atoms with Crippen molar-refractivity contribution in [3.8, 4) is 11.4 Å². The topological polar surface area (TPSA) is 105 Å². The molecule has 0 bridgehead atoms.